The average Bonchev–Trinajstić information content (AvgIpc) is 2.72. The standard InChI is InChI=1S/C19H23N5O4/c1-13(26)20-17(18(28)16(27)12-25)19(23-21-14-8-4-2-5-9-14)24-22-15-10-6-3-7-11-15/h2-11,16-18,21,25,27-28H,12H2,1H3,(H,20,26)/b23-19-,24-22?/t16-,17+,18+/m1/s1. The van der Waals surface area contributed by atoms with Crippen molar-refractivity contribution in [3.05, 3.63) is 60.7 Å². The molecule has 0 saturated carbocycles. The molecule has 0 radical (unpaired) electrons. The highest BCUT2D eigenvalue weighted by Crippen LogP contribution is 2.13. The molecule has 0 aliphatic heterocycles. The molecule has 0 fully saturated rings. The quantitative estimate of drug-likeness (QED) is 0.202. The van der Waals surface area contributed by atoms with Crippen LogP contribution in [-0.2, 0) is 4.79 Å². The second-order valence-corrected chi connectivity index (χ2v) is 5.90. The number of azo groups is 1. The number of benzene rings is 2. The monoisotopic (exact) mass is 385 g/mol. The van der Waals surface area contributed by atoms with Gasteiger partial charge in [-0.25, -0.2) is 0 Å². The number of nitrogens with zero attached hydrogens (tertiary/aromatic N) is 3. The summed E-state index contributed by atoms with van der Waals surface area (Å²) in [4.78, 5) is 11.6. The van der Waals surface area contributed by atoms with Gasteiger partial charge in [0.1, 0.15) is 18.2 Å². The maximum atomic E-state index is 11.6. The van der Waals surface area contributed by atoms with Crippen LogP contribution >= 0.6 is 0 Å². The Morgan fingerprint density at radius 1 is 1.04 bits per heavy atom. The molecule has 3 atom stereocenters. The van der Waals surface area contributed by atoms with Crippen LogP contribution in [0.1, 0.15) is 6.92 Å². The van der Waals surface area contributed by atoms with Crippen LogP contribution in [0.15, 0.2) is 76.0 Å². The van der Waals surface area contributed by atoms with Gasteiger partial charge in [-0.15, -0.1) is 10.2 Å². The topological polar surface area (TPSA) is 139 Å². The summed E-state index contributed by atoms with van der Waals surface area (Å²) in [5, 5.41) is 44.1. The molecule has 0 saturated heterocycles. The first kappa shape index (κ1) is 21.2. The maximum Gasteiger partial charge on any atom is 0.217 e. The largest absolute Gasteiger partial charge is 0.394 e. The van der Waals surface area contributed by atoms with Gasteiger partial charge in [0.05, 0.1) is 18.0 Å². The summed E-state index contributed by atoms with van der Waals surface area (Å²) in [7, 11) is 0. The van der Waals surface area contributed by atoms with Gasteiger partial charge in [-0.2, -0.15) is 5.10 Å². The molecule has 0 aliphatic rings. The van der Waals surface area contributed by atoms with Crippen LogP contribution in [0.4, 0.5) is 11.4 Å². The van der Waals surface area contributed by atoms with E-state index in [1.807, 2.05) is 12.1 Å². The number of hydrogen-bond donors (Lipinski definition) is 5. The third-order valence-corrected chi connectivity index (χ3v) is 3.66. The van der Waals surface area contributed by atoms with Crippen molar-refractivity contribution in [3.8, 4) is 0 Å². The molecule has 148 valence electrons. The summed E-state index contributed by atoms with van der Waals surface area (Å²) in [6.45, 7) is 0.550. The van der Waals surface area contributed by atoms with Gasteiger partial charge in [0, 0.05) is 6.92 Å². The Morgan fingerprint density at radius 2 is 1.64 bits per heavy atom. The second kappa shape index (κ2) is 10.9. The highest BCUT2D eigenvalue weighted by Gasteiger charge is 2.31. The minimum absolute atomic E-state index is 0.0806. The highest BCUT2D eigenvalue weighted by molar-refractivity contribution is 5.92. The van der Waals surface area contributed by atoms with Crippen molar-refractivity contribution in [2.24, 2.45) is 15.3 Å². The fraction of sp³-hybridized carbons (Fsp3) is 0.263. The molecule has 0 spiro atoms. The van der Waals surface area contributed by atoms with E-state index in [2.05, 4.69) is 26.1 Å². The normalized spacial score (nSPS) is 15.1. The van der Waals surface area contributed by atoms with Crippen molar-refractivity contribution < 1.29 is 20.1 Å². The third kappa shape index (κ3) is 6.54. The Labute approximate surface area is 162 Å². The molecule has 28 heavy (non-hydrogen) atoms. The Balaban J connectivity index is 2.37. The Kier molecular flexibility index (Phi) is 8.22. The first-order valence-corrected chi connectivity index (χ1v) is 8.60. The van der Waals surface area contributed by atoms with Crippen LogP contribution in [-0.4, -0.2) is 51.9 Å². The molecular formula is C19H23N5O4. The first-order valence-electron chi connectivity index (χ1n) is 8.60. The van der Waals surface area contributed by atoms with E-state index in [1.54, 1.807) is 48.5 Å². The number of aliphatic hydroxyl groups excluding tert-OH is 3. The van der Waals surface area contributed by atoms with Gasteiger partial charge in [0.2, 0.25) is 5.91 Å². The molecule has 5 N–H and O–H groups in total. The summed E-state index contributed by atoms with van der Waals surface area (Å²) in [5.74, 6) is -0.556. The van der Waals surface area contributed by atoms with Gasteiger partial charge in [-0.05, 0) is 24.3 Å². The van der Waals surface area contributed by atoms with E-state index < -0.39 is 30.8 Å². The zero-order chi connectivity index (χ0) is 20.4. The van der Waals surface area contributed by atoms with E-state index in [0.29, 0.717) is 11.4 Å². The third-order valence-electron chi connectivity index (χ3n) is 3.66. The van der Waals surface area contributed by atoms with Crippen LogP contribution in [0.25, 0.3) is 0 Å². The predicted molar refractivity (Wildman–Crippen MR) is 105 cm³/mol. The molecule has 0 heterocycles. The lowest BCUT2D eigenvalue weighted by molar-refractivity contribution is -0.120. The molecule has 1 amide bonds. The zero-order valence-corrected chi connectivity index (χ0v) is 15.3. The SMILES string of the molecule is CC(=O)N[C@H](/C(N=Nc1ccccc1)=N/Nc1ccccc1)[C@@H](O)[C@H](O)CO. The molecule has 9 heteroatoms. The van der Waals surface area contributed by atoms with Crippen molar-refractivity contribution in [1.29, 1.82) is 0 Å². The zero-order valence-electron chi connectivity index (χ0n) is 15.3. The van der Waals surface area contributed by atoms with E-state index >= 15 is 0 Å². The van der Waals surface area contributed by atoms with E-state index in [-0.39, 0.29) is 5.84 Å². The number of anilines is 1. The minimum atomic E-state index is -1.56. The van der Waals surface area contributed by atoms with Crippen LogP contribution < -0.4 is 10.7 Å². The molecule has 0 bridgehead atoms. The van der Waals surface area contributed by atoms with Gasteiger partial charge < -0.3 is 20.6 Å². The van der Waals surface area contributed by atoms with Gasteiger partial charge in [0.25, 0.3) is 0 Å². The lowest BCUT2D eigenvalue weighted by atomic mass is 10.0. The van der Waals surface area contributed by atoms with Crippen molar-refractivity contribution in [2.75, 3.05) is 12.0 Å². The van der Waals surface area contributed by atoms with Gasteiger partial charge in [-0.1, -0.05) is 36.4 Å². The molecule has 2 aromatic rings. The molecule has 9 nitrogen and oxygen atoms in total. The summed E-state index contributed by atoms with van der Waals surface area (Å²) in [5.41, 5.74) is 3.96. The molecule has 0 aromatic heterocycles. The maximum absolute atomic E-state index is 11.6. The average molecular weight is 385 g/mol. The van der Waals surface area contributed by atoms with Gasteiger partial charge in [0.15, 0.2) is 5.84 Å². The number of rotatable bonds is 8. The van der Waals surface area contributed by atoms with Crippen molar-refractivity contribution in [3.63, 3.8) is 0 Å². The number of carbonyl (C=O) groups excluding carboxylic acids is 1. The van der Waals surface area contributed by atoms with E-state index in [0.717, 1.165) is 0 Å². The van der Waals surface area contributed by atoms with E-state index in [9.17, 15) is 15.0 Å². The summed E-state index contributed by atoms with van der Waals surface area (Å²) >= 11 is 0. The lowest BCUT2D eigenvalue weighted by Gasteiger charge is -2.25. The number of nitrogens with one attached hydrogen (secondary N) is 2. The molecule has 2 aromatic carbocycles. The van der Waals surface area contributed by atoms with Crippen molar-refractivity contribution in [2.45, 2.75) is 25.2 Å². The summed E-state index contributed by atoms with van der Waals surface area (Å²) in [6.07, 6.45) is -3.06. The number of hydrogen-bond acceptors (Lipinski definition) is 7. The highest BCUT2D eigenvalue weighted by atomic mass is 16.4. The Morgan fingerprint density at radius 3 is 2.21 bits per heavy atom. The Hall–Kier alpha value is -3.14. The number of amidine groups is 1. The minimum Gasteiger partial charge on any atom is -0.394 e. The second-order valence-electron chi connectivity index (χ2n) is 5.90. The fourth-order valence-corrected chi connectivity index (χ4v) is 2.24. The number of amides is 1. The van der Waals surface area contributed by atoms with Crippen molar-refractivity contribution >= 4 is 23.1 Å². The van der Waals surface area contributed by atoms with E-state index in [4.69, 9.17) is 5.11 Å². The summed E-state index contributed by atoms with van der Waals surface area (Å²) in [6, 6.07) is 16.6. The number of aliphatic hydroxyl groups is 3. The number of para-hydroxylation sites is 1. The Bertz CT molecular complexity index is 798. The fourth-order valence-electron chi connectivity index (χ4n) is 2.24. The molecule has 0 aliphatic carbocycles. The van der Waals surface area contributed by atoms with Crippen LogP contribution in [0.5, 0.6) is 0 Å². The predicted octanol–water partition coefficient (Wildman–Crippen LogP) is 1.41. The first-order chi connectivity index (χ1) is 13.5. The lowest BCUT2D eigenvalue weighted by Crippen LogP contribution is -2.53. The van der Waals surface area contributed by atoms with E-state index in [1.165, 1.54) is 6.92 Å². The van der Waals surface area contributed by atoms with Crippen LogP contribution in [0, 0.1) is 0 Å². The number of carbonyl (C=O) groups is 1. The van der Waals surface area contributed by atoms with Gasteiger partial charge in [-0.3, -0.25) is 10.2 Å². The molecular weight excluding hydrogens is 362 g/mol. The molecule has 2 rings (SSSR count). The van der Waals surface area contributed by atoms with Gasteiger partial charge >= 0.3 is 0 Å². The van der Waals surface area contributed by atoms with Crippen LogP contribution in [0.3, 0.4) is 0 Å². The number of hydrazone groups is 1. The molecule has 0 unspecified atom stereocenters. The van der Waals surface area contributed by atoms with Crippen LogP contribution in [0.2, 0.25) is 0 Å². The summed E-state index contributed by atoms with van der Waals surface area (Å²) < 4.78 is 0. The van der Waals surface area contributed by atoms with Crippen molar-refractivity contribution in [1.82, 2.24) is 5.32 Å². The smallest absolute Gasteiger partial charge is 0.217 e.